The molecule has 2 aromatic rings. The minimum atomic E-state index is -1.02. The number of hydrogen-bond donors (Lipinski definition) is 1. The van der Waals surface area contributed by atoms with Crippen molar-refractivity contribution >= 4 is 5.97 Å². The molecule has 0 saturated heterocycles. The zero-order chi connectivity index (χ0) is 17.2. The van der Waals surface area contributed by atoms with Gasteiger partial charge in [-0.05, 0) is 36.0 Å². The lowest BCUT2D eigenvalue weighted by Crippen LogP contribution is -2.13. The third-order valence-corrected chi connectivity index (χ3v) is 4.26. The van der Waals surface area contributed by atoms with Crippen molar-refractivity contribution in [3.05, 3.63) is 41.2 Å². The summed E-state index contributed by atoms with van der Waals surface area (Å²) < 4.78 is 1.67. The average molecular weight is 315 g/mol. The number of carbonyl (C=O) groups is 1. The molecular formula is C18H25N3O2. The molecule has 0 aliphatic carbocycles. The third kappa shape index (κ3) is 3.44. The van der Waals surface area contributed by atoms with E-state index in [9.17, 15) is 9.90 Å². The van der Waals surface area contributed by atoms with E-state index in [0.717, 1.165) is 18.5 Å². The molecule has 23 heavy (non-hydrogen) atoms. The molecule has 0 aliphatic rings. The maximum atomic E-state index is 11.5. The molecule has 0 saturated carbocycles. The molecule has 0 unspecified atom stereocenters. The van der Waals surface area contributed by atoms with Gasteiger partial charge in [0.15, 0.2) is 5.69 Å². The summed E-state index contributed by atoms with van der Waals surface area (Å²) in [4.78, 5) is 11.5. The van der Waals surface area contributed by atoms with Gasteiger partial charge in [0.05, 0.1) is 11.4 Å². The molecule has 1 N–H and O–H groups in total. The summed E-state index contributed by atoms with van der Waals surface area (Å²) >= 11 is 0. The number of aromatic carboxylic acids is 1. The molecule has 1 heterocycles. The van der Waals surface area contributed by atoms with Gasteiger partial charge >= 0.3 is 5.97 Å². The summed E-state index contributed by atoms with van der Waals surface area (Å²) in [6.07, 6.45) is 1.70. The highest BCUT2D eigenvalue weighted by atomic mass is 16.4. The highest BCUT2D eigenvalue weighted by molar-refractivity contribution is 5.86. The van der Waals surface area contributed by atoms with Gasteiger partial charge in [-0.2, -0.15) is 0 Å². The maximum Gasteiger partial charge on any atom is 0.358 e. The first kappa shape index (κ1) is 17.2. The molecule has 5 nitrogen and oxygen atoms in total. The monoisotopic (exact) mass is 315 g/mol. The van der Waals surface area contributed by atoms with Crippen LogP contribution in [0, 0.1) is 0 Å². The van der Waals surface area contributed by atoms with Crippen molar-refractivity contribution in [1.29, 1.82) is 0 Å². The second-order valence-corrected chi connectivity index (χ2v) is 6.85. The first-order chi connectivity index (χ1) is 10.8. The Morgan fingerprint density at radius 2 is 1.74 bits per heavy atom. The number of carboxylic acid groups (broad SMARTS) is 1. The molecule has 0 spiro atoms. The van der Waals surface area contributed by atoms with E-state index >= 15 is 0 Å². The van der Waals surface area contributed by atoms with Crippen LogP contribution in [0.3, 0.4) is 0 Å². The van der Waals surface area contributed by atoms with E-state index < -0.39 is 5.97 Å². The van der Waals surface area contributed by atoms with Crippen LogP contribution in [-0.4, -0.2) is 26.1 Å². The van der Waals surface area contributed by atoms with E-state index in [1.54, 1.807) is 4.68 Å². The Bertz CT molecular complexity index is 677. The zero-order valence-corrected chi connectivity index (χ0v) is 14.5. The number of aromatic nitrogens is 3. The van der Waals surface area contributed by atoms with Crippen molar-refractivity contribution in [2.45, 2.75) is 58.8 Å². The number of hydrogen-bond acceptors (Lipinski definition) is 3. The van der Waals surface area contributed by atoms with Gasteiger partial charge < -0.3 is 5.11 Å². The van der Waals surface area contributed by atoms with E-state index in [2.05, 4.69) is 57.1 Å². The van der Waals surface area contributed by atoms with Gasteiger partial charge in [0.1, 0.15) is 0 Å². The fraction of sp³-hybridized carbons (Fsp3) is 0.500. The molecule has 0 amide bonds. The quantitative estimate of drug-likeness (QED) is 0.899. The molecule has 0 aliphatic heterocycles. The topological polar surface area (TPSA) is 68.0 Å². The highest BCUT2D eigenvalue weighted by Crippen LogP contribution is 2.29. The summed E-state index contributed by atoms with van der Waals surface area (Å²) in [6, 6.07) is 8.09. The third-order valence-electron chi connectivity index (χ3n) is 4.26. The van der Waals surface area contributed by atoms with Crippen LogP contribution in [0.1, 0.15) is 75.1 Å². The van der Waals surface area contributed by atoms with Crippen LogP contribution in [0.15, 0.2) is 24.3 Å². The number of rotatable bonds is 5. The molecule has 5 heteroatoms. The number of nitrogens with zero attached hydrogens (tertiary/aromatic N) is 3. The van der Waals surface area contributed by atoms with Gasteiger partial charge in [-0.25, -0.2) is 9.48 Å². The van der Waals surface area contributed by atoms with E-state index in [-0.39, 0.29) is 17.0 Å². The lowest BCUT2D eigenvalue weighted by molar-refractivity contribution is 0.0688. The second-order valence-electron chi connectivity index (χ2n) is 6.85. The minimum absolute atomic E-state index is 0.0543. The van der Waals surface area contributed by atoms with Crippen LogP contribution in [0.4, 0.5) is 0 Å². The Hall–Kier alpha value is -2.17. The Balaban J connectivity index is 2.53. The average Bonchev–Trinajstić information content (AvgIpc) is 2.93. The molecule has 0 fully saturated rings. The summed E-state index contributed by atoms with van der Waals surface area (Å²) in [5.41, 5.74) is 2.89. The molecule has 1 aromatic heterocycles. The van der Waals surface area contributed by atoms with Crippen LogP contribution < -0.4 is 0 Å². The summed E-state index contributed by atoms with van der Waals surface area (Å²) in [7, 11) is 0. The summed E-state index contributed by atoms with van der Waals surface area (Å²) in [5, 5.41) is 17.4. The normalized spacial score (nSPS) is 11.9. The lowest BCUT2D eigenvalue weighted by Gasteiger charge is -2.20. The SMILES string of the molecule is CCC(CC)c1c(C(=O)O)nnn1-c1ccc(C(C)(C)C)cc1. The van der Waals surface area contributed by atoms with Gasteiger partial charge in [-0.1, -0.05) is 52.0 Å². The predicted octanol–water partition coefficient (Wildman–Crippen LogP) is 4.17. The fourth-order valence-electron chi connectivity index (χ4n) is 2.78. The molecule has 1 aromatic carbocycles. The smallest absolute Gasteiger partial charge is 0.358 e. The van der Waals surface area contributed by atoms with Crippen molar-refractivity contribution in [3.8, 4) is 5.69 Å². The van der Waals surface area contributed by atoms with Gasteiger partial charge in [-0.15, -0.1) is 5.10 Å². The first-order valence-electron chi connectivity index (χ1n) is 8.09. The maximum absolute atomic E-state index is 11.5. The van der Waals surface area contributed by atoms with Crippen LogP contribution in [-0.2, 0) is 5.41 Å². The standard InChI is InChI=1S/C18H25N3O2/c1-6-12(7-2)16-15(17(22)23)19-20-21(16)14-10-8-13(9-11-14)18(3,4)5/h8-12H,6-7H2,1-5H3,(H,22,23). The first-order valence-corrected chi connectivity index (χ1v) is 8.09. The Kier molecular flexibility index (Phi) is 4.88. The number of benzene rings is 1. The Labute approximate surface area is 137 Å². The zero-order valence-electron chi connectivity index (χ0n) is 14.5. The summed E-state index contributed by atoms with van der Waals surface area (Å²) in [5.74, 6) is -0.900. The highest BCUT2D eigenvalue weighted by Gasteiger charge is 2.25. The van der Waals surface area contributed by atoms with E-state index in [0.29, 0.717) is 5.69 Å². The second kappa shape index (κ2) is 6.52. The van der Waals surface area contributed by atoms with E-state index in [1.807, 2.05) is 12.1 Å². The molecule has 124 valence electrons. The Morgan fingerprint density at radius 3 is 2.17 bits per heavy atom. The van der Waals surface area contributed by atoms with Gasteiger partial charge in [0.2, 0.25) is 0 Å². The van der Waals surface area contributed by atoms with Gasteiger partial charge in [0.25, 0.3) is 0 Å². The van der Waals surface area contributed by atoms with Crippen LogP contribution in [0.2, 0.25) is 0 Å². The van der Waals surface area contributed by atoms with Crippen LogP contribution >= 0.6 is 0 Å². The summed E-state index contributed by atoms with van der Waals surface area (Å²) in [6.45, 7) is 10.6. The molecule has 0 atom stereocenters. The van der Waals surface area contributed by atoms with E-state index in [1.165, 1.54) is 5.56 Å². The fourth-order valence-corrected chi connectivity index (χ4v) is 2.78. The van der Waals surface area contributed by atoms with Crippen molar-refractivity contribution in [3.63, 3.8) is 0 Å². The van der Waals surface area contributed by atoms with Crippen LogP contribution in [0.25, 0.3) is 5.69 Å². The van der Waals surface area contributed by atoms with Crippen molar-refractivity contribution in [2.24, 2.45) is 0 Å². The molecule has 0 radical (unpaired) electrons. The van der Waals surface area contributed by atoms with Crippen molar-refractivity contribution in [1.82, 2.24) is 15.0 Å². The minimum Gasteiger partial charge on any atom is -0.476 e. The van der Waals surface area contributed by atoms with Crippen molar-refractivity contribution < 1.29 is 9.90 Å². The van der Waals surface area contributed by atoms with Crippen LogP contribution in [0.5, 0.6) is 0 Å². The largest absolute Gasteiger partial charge is 0.476 e. The van der Waals surface area contributed by atoms with Gasteiger partial charge in [0, 0.05) is 5.92 Å². The molecular weight excluding hydrogens is 290 g/mol. The van der Waals surface area contributed by atoms with Crippen molar-refractivity contribution in [2.75, 3.05) is 0 Å². The molecule has 2 rings (SSSR count). The Morgan fingerprint density at radius 1 is 1.17 bits per heavy atom. The predicted molar refractivity (Wildman–Crippen MR) is 90.3 cm³/mol. The van der Waals surface area contributed by atoms with Gasteiger partial charge in [-0.3, -0.25) is 0 Å². The number of carboxylic acids is 1. The lowest BCUT2D eigenvalue weighted by atomic mass is 9.87. The van der Waals surface area contributed by atoms with E-state index in [4.69, 9.17) is 0 Å². The molecule has 0 bridgehead atoms.